The van der Waals surface area contributed by atoms with Crippen LogP contribution in [0, 0.1) is 0 Å². The van der Waals surface area contributed by atoms with Gasteiger partial charge in [-0.25, -0.2) is 0 Å². The third-order valence-corrected chi connectivity index (χ3v) is 4.06. The molecule has 0 bridgehead atoms. The first-order chi connectivity index (χ1) is 8.27. The van der Waals surface area contributed by atoms with Crippen molar-refractivity contribution in [3.8, 4) is 0 Å². The number of nitrogens with one attached hydrogen (secondary N) is 1. The van der Waals surface area contributed by atoms with Gasteiger partial charge in [-0.05, 0) is 52.2 Å². The Balaban J connectivity index is 2.12. The van der Waals surface area contributed by atoms with Gasteiger partial charge in [0.2, 0.25) is 0 Å². The average Bonchev–Trinajstić information content (AvgIpc) is 2.37. The number of hydrogen-bond acceptors (Lipinski definition) is 2. The number of rotatable bonds is 8. The first-order valence-electron chi connectivity index (χ1n) is 7.75. The van der Waals surface area contributed by atoms with Crippen LogP contribution in [0.2, 0.25) is 0 Å². The molecular weight excluding hydrogens is 208 g/mol. The Hall–Kier alpha value is -0.0800. The van der Waals surface area contributed by atoms with Crippen molar-refractivity contribution in [2.45, 2.75) is 77.8 Å². The van der Waals surface area contributed by atoms with E-state index >= 15 is 0 Å². The van der Waals surface area contributed by atoms with E-state index in [0.29, 0.717) is 0 Å². The van der Waals surface area contributed by atoms with Crippen molar-refractivity contribution in [3.05, 3.63) is 0 Å². The first-order valence-corrected chi connectivity index (χ1v) is 7.75. The molecule has 0 saturated carbocycles. The Labute approximate surface area is 108 Å². The van der Waals surface area contributed by atoms with Crippen LogP contribution < -0.4 is 5.32 Å². The minimum Gasteiger partial charge on any atom is -0.314 e. The van der Waals surface area contributed by atoms with Gasteiger partial charge in [-0.2, -0.15) is 0 Å². The molecule has 1 atom stereocenters. The molecule has 1 aliphatic heterocycles. The Bertz CT molecular complexity index is 174. The summed E-state index contributed by atoms with van der Waals surface area (Å²) < 4.78 is 0. The average molecular weight is 240 g/mol. The Kier molecular flexibility index (Phi) is 7.87. The van der Waals surface area contributed by atoms with Crippen LogP contribution in [0.1, 0.15) is 65.7 Å². The highest BCUT2D eigenvalue weighted by molar-refractivity contribution is 4.79. The second kappa shape index (κ2) is 8.93. The molecule has 1 saturated heterocycles. The maximum absolute atomic E-state index is 3.66. The van der Waals surface area contributed by atoms with Crippen LogP contribution in [-0.4, -0.2) is 36.6 Å². The molecular formula is C15H32N2. The molecule has 0 aromatic carbocycles. The van der Waals surface area contributed by atoms with E-state index in [1.54, 1.807) is 0 Å². The predicted octanol–water partition coefficient (Wildman–Crippen LogP) is 3.42. The molecule has 1 rings (SSSR count). The standard InChI is InChI=1S/C15H32N2/c1-4-6-7-8-14(3)17-12-9-15(10-13-17)16-11-5-2/h14-16H,4-13H2,1-3H3. The molecule has 0 aliphatic carbocycles. The van der Waals surface area contributed by atoms with Crippen LogP contribution >= 0.6 is 0 Å². The fourth-order valence-corrected chi connectivity index (χ4v) is 2.77. The molecule has 0 amide bonds. The van der Waals surface area contributed by atoms with Crippen molar-refractivity contribution in [2.24, 2.45) is 0 Å². The monoisotopic (exact) mass is 240 g/mol. The summed E-state index contributed by atoms with van der Waals surface area (Å²) in [7, 11) is 0. The summed E-state index contributed by atoms with van der Waals surface area (Å²) >= 11 is 0. The molecule has 102 valence electrons. The normalized spacial score (nSPS) is 20.6. The molecule has 2 heteroatoms. The van der Waals surface area contributed by atoms with Gasteiger partial charge in [0.15, 0.2) is 0 Å². The highest BCUT2D eigenvalue weighted by Gasteiger charge is 2.21. The molecule has 0 aromatic rings. The summed E-state index contributed by atoms with van der Waals surface area (Å²) in [4.78, 5) is 2.69. The molecule has 1 unspecified atom stereocenters. The summed E-state index contributed by atoms with van der Waals surface area (Å²) in [5, 5.41) is 3.66. The van der Waals surface area contributed by atoms with Crippen molar-refractivity contribution in [1.82, 2.24) is 10.2 Å². The maximum atomic E-state index is 3.66. The summed E-state index contributed by atoms with van der Waals surface area (Å²) in [5.41, 5.74) is 0. The Morgan fingerprint density at radius 2 is 1.82 bits per heavy atom. The van der Waals surface area contributed by atoms with Crippen LogP contribution in [0.15, 0.2) is 0 Å². The van der Waals surface area contributed by atoms with Crippen LogP contribution in [0.5, 0.6) is 0 Å². The van der Waals surface area contributed by atoms with Crippen molar-refractivity contribution in [2.75, 3.05) is 19.6 Å². The van der Waals surface area contributed by atoms with E-state index in [2.05, 4.69) is 31.0 Å². The van der Waals surface area contributed by atoms with Crippen molar-refractivity contribution in [1.29, 1.82) is 0 Å². The minimum absolute atomic E-state index is 0.786. The van der Waals surface area contributed by atoms with E-state index in [-0.39, 0.29) is 0 Å². The highest BCUT2D eigenvalue weighted by Crippen LogP contribution is 2.16. The van der Waals surface area contributed by atoms with Gasteiger partial charge in [0.05, 0.1) is 0 Å². The molecule has 2 nitrogen and oxygen atoms in total. The number of likely N-dealkylation sites (tertiary alicyclic amines) is 1. The van der Waals surface area contributed by atoms with Crippen LogP contribution in [-0.2, 0) is 0 Å². The van der Waals surface area contributed by atoms with Gasteiger partial charge in [-0.15, -0.1) is 0 Å². The van der Waals surface area contributed by atoms with Crippen molar-refractivity contribution < 1.29 is 0 Å². The van der Waals surface area contributed by atoms with E-state index in [9.17, 15) is 0 Å². The SMILES string of the molecule is CCCCCC(C)N1CCC(NCCC)CC1. The third-order valence-electron chi connectivity index (χ3n) is 4.06. The lowest BCUT2D eigenvalue weighted by Crippen LogP contribution is -2.45. The van der Waals surface area contributed by atoms with Crippen molar-refractivity contribution in [3.63, 3.8) is 0 Å². The number of piperidine rings is 1. The zero-order valence-electron chi connectivity index (χ0n) is 12.2. The first kappa shape index (κ1) is 15.0. The molecule has 17 heavy (non-hydrogen) atoms. The summed E-state index contributed by atoms with van der Waals surface area (Å²) in [6.45, 7) is 10.7. The summed E-state index contributed by atoms with van der Waals surface area (Å²) in [5.74, 6) is 0. The zero-order valence-corrected chi connectivity index (χ0v) is 12.2. The third kappa shape index (κ3) is 5.87. The molecule has 1 fully saturated rings. The van der Waals surface area contributed by atoms with Gasteiger partial charge in [0.25, 0.3) is 0 Å². The largest absolute Gasteiger partial charge is 0.314 e. The van der Waals surface area contributed by atoms with Gasteiger partial charge < -0.3 is 10.2 Å². The topological polar surface area (TPSA) is 15.3 Å². The van der Waals surface area contributed by atoms with Crippen molar-refractivity contribution >= 4 is 0 Å². The van der Waals surface area contributed by atoms with Crippen LogP contribution in [0.4, 0.5) is 0 Å². The molecule has 1 heterocycles. The molecule has 1 N–H and O–H groups in total. The van der Waals surface area contributed by atoms with Crippen LogP contribution in [0.25, 0.3) is 0 Å². The lowest BCUT2D eigenvalue weighted by atomic mass is 10.0. The summed E-state index contributed by atoms with van der Waals surface area (Å²) in [6, 6.07) is 1.59. The molecule has 0 radical (unpaired) electrons. The van der Waals surface area contributed by atoms with Gasteiger partial charge in [-0.3, -0.25) is 0 Å². The van der Waals surface area contributed by atoms with Gasteiger partial charge in [-0.1, -0.05) is 33.1 Å². The highest BCUT2D eigenvalue weighted by atomic mass is 15.2. The zero-order chi connectivity index (χ0) is 12.5. The summed E-state index contributed by atoms with van der Waals surface area (Å²) in [6.07, 6.45) is 9.49. The number of nitrogens with zero attached hydrogens (tertiary/aromatic N) is 1. The van der Waals surface area contributed by atoms with Gasteiger partial charge >= 0.3 is 0 Å². The van der Waals surface area contributed by atoms with E-state index in [0.717, 1.165) is 12.1 Å². The van der Waals surface area contributed by atoms with E-state index in [1.165, 1.54) is 64.6 Å². The van der Waals surface area contributed by atoms with Crippen LogP contribution in [0.3, 0.4) is 0 Å². The van der Waals surface area contributed by atoms with E-state index in [4.69, 9.17) is 0 Å². The van der Waals surface area contributed by atoms with Gasteiger partial charge in [0.1, 0.15) is 0 Å². The molecule has 1 aliphatic rings. The lowest BCUT2D eigenvalue weighted by Gasteiger charge is -2.36. The lowest BCUT2D eigenvalue weighted by molar-refractivity contribution is 0.144. The molecule has 0 aromatic heterocycles. The fraction of sp³-hybridized carbons (Fsp3) is 1.00. The predicted molar refractivity (Wildman–Crippen MR) is 76.5 cm³/mol. The smallest absolute Gasteiger partial charge is 0.00914 e. The Morgan fingerprint density at radius 3 is 2.41 bits per heavy atom. The van der Waals surface area contributed by atoms with Gasteiger partial charge in [0, 0.05) is 12.1 Å². The maximum Gasteiger partial charge on any atom is 0.00914 e. The quantitative estimate of drug-likeness (QED) is 0.654. The molecule has 0 spiro atoms. The fourth-order valence-electron chi connectivity index (χ4n) is 2.77. The number of unbranched alkanes of at least 4 members (excludes halogenated alkanes) is 2. The second-order valence-corrected chi connectivity index (χ2v) is 5.61. The van der Waals surface area contributed by atoms with E-state index in [1.807, 2.05) is 0 Å². The Morgan fingerprint density at radius 1 is 1.12 bits per heavy atom. The minimum atomic E-state index is 0.786. The second-order valence-electron chi connectivity index (χ2n) is 5.61. The number of hydrogen-bond donors (Lipinski definition) is 1. The van der Waals surface area contributed by atoms with E-state index < -0.39 is 0 Å².